The summed E-state index contributed by atoms with van der Waals surface area (Å²) in [4.78, 5) is 12.9. The second-order valence-corrected chi connectivity index (χ2v) is 9.75. The van der Waals surface area contributed by atoms with Crippen molar-refractivity contribution in [3.05, 3.63) is 64.4 Å². The van der Waals surface area contributed by atoms with Crippen molar-refractivity contribution in [1.82, 2.24) is 14.5 Å². The number of benzene rings is 2. The lowest BCUT2D eigenvalue weighted by Crippen LogP contribution is -2.25. The average Bonchev–Trinajstić information content (AvgIpc) is 3.55. The van der Waals surface area contributed by atoms with Crippen molar-refractivity contribution < 1.29 is 17.9 Å². The molecule has 0 unspecified atom stereocenters. The van der Waals surface area contributed by atoms with Crippen molar-refractivity contribution in [2.45, 2.75) is 37.6 Å². The first-order valence-corrected chi connectivity index (χ1v) is 11.9. The number of methoxy groups -OCH3 is 1. The van der Waals surface area contributed by atoms with Gasteiger partial charge in [0.2, 0.25) is 10.0 Å². The van der Waals surface area contributed by atoms with Crippen molar-refractivity contribution in [1.29, 1.82) is 0 Å². The van der Waals surface area contributed by atoms with Gasteiger partial charge in [0, 0.05) is 11.6 Å². The number of ether oxygens (including phenoxy) is 1. The summed E-state index contributed by atoms with van der Waals surface area (Å²) in [5.41, 5.74) is 2.97. The van der Waals surface area contributed by atoms with Gasteiger partial charge >= 0.3 is 0 Å². The molecular formula is C22H23ClN4O4S. The Morgan fingerprint density at radius 2 is 1.84 bits per heavy atom. The maximum Gasteiger partial charge on any atom is 0.255 e. The summed E-state index contributed by atoms with van der Waals surface area (Å²) >= 11 is 6.22. The number of hydrogen-bond acceptors (Lipinski definition) is 5. The molecule has 4 rings (SSSR count). The second kappa shape index (κ2) is 8.57. The van der Waals surface area contributed by atoms with Gasteiger partial charge < -0.3 is 10.1 Å². The van der Waals surface area contributed by atoms with E-state index in [2.05, 4.69) is 15.1 Å². The number of carbonyl (C=O) groups is 1. The first kappa shape index (κ1) is 22.3. The molecule has 1 aliphatic carbocycles. The molecule has 1 aliphatic rings. The third kappa shape index (κ3) is 4.50. The molecule has 2 N–H and O–H groups in total. The summed E-state index contributed by atoms with van der Waals surface area (Å²) < 4.78 is 34.7. The van der Waals surface area contributed by atoms with E-state index in [1.165, 1.54) is 25.3 Å². The Morgan fingerprint density at radius 3 is 2.41 bits per heavy atom. The maximum absolute atomic E-state index is 12.8. The molecule has 168 valence electrons. The van der Waals surface area contributed by atoms with Crippen LogP contribution in [-0.4, -0.2) is 37.3 Å². The lowest BCUT2D eigenvalue weighted by Gasteiger charge is -2.13. The van der Waals surface area contributed by atoms with Crippen molar-refractivity contribution in [2.24, 2.45) is 0 Å². The lowest BCUT2D eigenvalue weighted by molar-refractivity contribution is 0.102. The van der Waals surface area contributed by atoms with Crippen molar-refractivity contribution >= 4 is 33.2 Å². The van der Waals surface area contributed by atoms with E-state index in [4.69, 9.17) is 16.3 Å². The molecule has 0 spiro atoms. The number of carbonyl (C=O) groups excluding carboxylic acids is 1. The highest BCUT2D eigenvalue weighted by Crippen LogP contribution is 2.30. The number of rotatable bonds is 7. The minimum atomic E-state index is -3.66. The predicted octanol–water partition coefficient (Wildman–Crippen LogP) is 3.84. The Balaban J connectivity index is 1.56. The molecule has 8 nitrogen and oxygen atoms in total. The number of amides is 1. The monoisotopic (exact) mass is 474 g/mol. The SMILES string of the molecule is COc1ccc(S(=O)(=O)NC2CC2)cc1NC(=O)c1ccc(-n2nc(C)c(Cl)c2C)cc1. The fourth-order valence-corrected chi connectivity index (χ4v) is 4.71. The van der Waals surface area contributed by atoms with Gasteiger partial charge in [-0.15, -0.1) is 0 Å². The Hall–Kier alpha value is -2.88. The van der Waals surface area contributed by atoms with Crippen LogP contribution in [0.1, 0.15) is 34.6 Å². The van der Waals surface area contributed by atoms with E-state index in [-0.39, 0.29) is 16.6 Å². The zero-order valence-electron chi connectivity index (χ0n) is 17.8. The number of anilines is 1. The molecule has 10 heteroatoms. The van der Waals surface area contributed by atoms with Crippen molar-refractivity contribution in [3.8, 4) is 11.4 Å². The second-order valence-electron chi connectivity index (χ2n) is 7.66. The van der Waals surface area contributed by atoms with Gasteiger partial charge in [-0.2, -0.15) is 5.10 Å². The molecule has 1 heterocycles. The fourth-order valence-electron chi connectivity index (χ4n) is 3.26. The Kier molecular flexibility index (Phi) is 5.98. The first-order chi connectivity index (χ1) is 15.2. The van der Waals surface area contributed by atoms with Gasteiger partial charge in [0.15, 0.2) is 0 Å². The van der Waals surface area contributed by atoms with Crippen LogP contribution in [0.5, 0.6) is 5.75 Å². The molecule has 0 atom stereocenters. The molecule has 1 aromatic heterocycles. The number of nitrogens with zero attached hydrogens (tertiary/aromatic N) is 2. The number of aryl methyl sites for hydroxylation is 1. The van der Waals surface area contributed by atoms with E-state index in [9.17, 15) is 13.2 Å². The van der Waals surface area contributed by atoms with E-state index in [1.54, 1.807) is 28.9 Å². The van der Waals surface area contributed by atoms with Gasteiger partial charge in [-0.3, -0.25) is 4.79 Å². The molecule has 1 fully saturated rings. The molecule has 1 saturated carbocycles. The quantitative estimate of drug-likeness (QED) is 0.541. The number of sulfonamides is 1. The van der Waals surface area contributed by atoms with Gasteiger partial charge in [-0.1, -0.05) is 11.6 Å². The normalized spacial score (nSPS) is 13.8. The van der Waals surface area contributed by atoms with Crippen LogP contribution in [0.3, 0.4) is 0 Å². The summed E-state index contributed by atoms with van der Waals surface area (Å²) in [6.45, 7) is 3.70. The van der Waals surface area contributed by atoms with Crippen LogP contribution in [0.15, 0.2) is 47.4 Å². The van der Waals surface area contributed by atoms with Crippen LogP contribution in [0.2, 0.25) is 5.02 Å². The largest absolute Gasteiger partial charge is 0.495 e. The highest BCUT2D eigenvalue weighted by atomic mass is 35.5. The molecule has 3 aromatic rings. The number of hydrogen-bond donors (Lipinski definition) is 2. The van der Waals surface area contributed by atoms with Gasteiger partial charge in [0.1, 0.15) is 5.75 Å². The number of nitrogens with one attached hydrogen (secondary N) is 2. The number of aromatic nitrogens is 2. The summed E-state index contributed by atoms with van der Waals surface area (Å²) in [7, 11) is -2.21. The summed E-state index contributed by atoms with van der Waals surface area (Å²) in [5.74, 6) is -0.0384. The van der Waals surface area contributed by atoms with Crippen LogP contribution < -0.4 is 14.8 Å². The van der Waals surface area contributed by atoms with E-state index < -0.39 is 15.9 Å². The average molecular weight is 475 g/mol. The van der Waals surface area contributed by atoms with E-state index >= 15 is 0 Å². The minimum absolute atomic E-state index is 0.0178. The Labute approximate surface area is 191 Å². The Bertz CT molecular complexity index is 1280. The first-order valence-electron chi connectivity index (χ1n) is 10.0. The van der Waals surface area contributed by atoms with Gasteiger partial charge in [-0.05, 0) is 69.2 Å². The molecule has 1 amide bonds. The summed E-state index contributed by atoms with van der Waals surface area (Å²) in [6, 6.07) is 11.2. The highest BCUT2D eigenvalue weighted by molar-refractivity contribution is 7.89. The molecule has 0 bridgehead atoms. The van der Waals surface area contributed by atoms with Crippen molar-refractivity contribution in [2.75, 3.05) is 12.4 Å². The van der Waals surface area contributed by atoms with Crippen LogP contribution >= 0.6 is 11.6 Å². The van der Waals surface area contributed by atoms with E-state index in [0.717, 1.165) is 29.9 Å². The molecule has 0 saturated heterocycles. The smallest absolute Gasteiger partial charge is 0.255 e. The minimum Gasteiger partial charge on any atom is -0.495 e. The maximum atomic E-state index is 12.8. The summed E-state index contributed by atoms with van der Waals surface area (Å²) in [5, 5.41) is 7.75. The molecule has 0 radical (unpaired) electrons. The predicted molar refractivity (Wildman–Crippen MR) is 122 cm³/mol. The van der Waals surface area contributed by atoms with Crippen LogP contribution in [0.25, 0.3) is 5.69 Å². The highest BCUT2D eigenvalue weighted by Gasteiger charge is 2.28. The van der Waals surface area contributed by atoms with E-state index in [0.29, 0.717) is 16.3 Å². The Morgan fingerprint density at radius 1 is 1.16 bits per heavy atom. The van der Waals surface area contributed by atoms with Gasteiger partial charge in [0.05, 0.1) is 39.8 Å². The zero-order valence-corrected chi connectivity index (χ0v) is 19.4. The van der Waals surface area contributed by atoms with Crippen LogP contribution in [-0.2, 0) is 10.0 Å². The standard InChI is InChI=1S/C22H23ClN4O4S/c1-13-21(23)14(2)27(25-13)17-8-4-15(5-9-17)22(28)24-19-12-18(10-11-20(19)31-3)32(29,30)26-16-6-7-16/h4-5,8-12,16,26H,6-7H2,1-3H3,(H,24,28). The third-order valence-electron chi connectivity index (χ3n) is 5.21. The fraction of sp³-hybridized carbons (Fsp3) is 0.273. The molecule has 32 heavy (non-hydrogen) atoms. The molecule has 0 aliphatic heterocycles. The summed E-state index contributed by atoms with van der Waals surface area (Å²) in [6.07, 6.45) is 1.66. The number of halogens is 1. The van der Waals surface area contributed by atoms with Gasteiger partial charge in [0.25, 0.3) is 5.91 Å². The molecular weight excluding hydrogens is 452 g/mol. The van der Waals surface area contributed by atoms with Gasteiger partial charge in [-0.25, -0.2) is 17.8 Å². The third-order valence-corrected chi connectivity index (χ3v) is 7.27. The topological polar surface area (TPSA) is 102 Å². The van der Waals surface area contributed by atoms with Crippen LogP contribution in [0.4, 0.5) is 5.69 Å². The van der Waals surface area contributed by atoms with Crippen molar-refractivity contribution in [3.63, 3.8) is 0 Å². The lowest BCUT2D eigenvalue weighted by atomic mass is 10.2. The molecule has 2 aromatic carbocycles. The van der Waals surface area contributed by atoms with Crippen LogP contribution in [0, 0.1) is 13.8 Å². The van der Waals surface area contributed by atoms with E-state index in [1.807, 2.05) is 13.8 Å². The zero-order chi connectivity index (χ0) is 23.0.